The van der Waals surface area contributed by atoms with E-state index >= 15 is 0 Å². The minimum Gasteiger partial charge on any atom is -0.488 e. The van der Waals surface area contributed by atoms with E-state index in [0.717, 1.165) is 22.2 Å². The molecule has 1 aromatic carbocycles. The van der Waals surface area contributed by atoms with Crippen LogP contribution in [-0.4, -0.2) is 4.98 Å². The predicted molar refractivity (Wildman–Crippen MR) is 72.4 cm³/mol. The van der Waals surface area contributed by atoms with Crippen LogP contribution >= 0.6 is 15.9 Å². The molecular formula is C14H14BrNO. The standard InChI is InChI=1S/C14H14BrNO/c1-11-3-2-4-13(9-15)14(11)17-10-12-5-7-16-8-6-12/h2-8H,9-10H2,1H3. The molecule has 0 saturated carbocycles. The number of hydrogen-bond donors (Lipinski definition) is 0. The first-order chi connectivity index (χ1) is 8.31. The second kappa shape index (κ2) is 5.82. The summed E-state index contributed by atoms with van der Waals surface area (Å²) in [5.74, 6) is 0.973. The predicted octanol–water partition coefficient (Wildman–Crippen LogP) is 3.86. The summed E-state index contributed by atoms with van der Waals surface area (Å²) in [5, 5.41) is 0.806. The fraction of sp³-hybridized carbons (Fsp3) is 0.214. The molecule has 2 aromatic rings. The van der Waals surface area contributed by atoms with Crippen LogP contribution < -0.4 is 4.74 Å². The summed E-state index contributed by atoms with van der Waals surface area (Å²) in [4.78, 5) is 3.99. The van der Waals surface area contributed by atoms with Crippen LogP contribution in [0.4, 0.5) is 0 Å². The van der Waals surface area contributed by atoms with Gasteiger partial charge in [-0.15, -0.1) is 0 Å². The highest BCUT2D eigenvalue weighted by Gasteiger charge is 2.05. The average molecular weight is 292 g/mol. The van der Waals surface area contributed by atoms with Crippen LogP contribution in [-0.2, 0) is 11.9 Å². The average Bonchev–Trinajstić information content (AvgIpc) is 2.38. The van der Waals surface area contributed by atoms with Gasteiger partial charge < -0.3 is 4.74 Å². The molecule has 0 aliphatic rings. The van der Waals surface area contributed by atoms with Gasteiger partial charge in [0, 0.05) is 23.3 Å². The zero-order chi connectivity index (χ0) is 12.1. The molecule has 0 bridgehead atoms. The number of para-hydroxylation sites is 1. The van der Waals surface area contributed by atoms with E-state index in [1.54, 1.807) is 12.4 Å². The lowest BCUT2D eigenvalue weighted by Gasteiger charge is -2.12. The number of nitrogens with zero attached hydrogens (tertiary/aromatic N) is 1. The van der Waals surface area contributed by atoms with Crippen LogP contribution in [0.2, 0.25) is 0 Å². The molecule has 0 saturated heterocycles. The minimum absolute atomic E-state index is 0.577. The third kappa shape index (κ3) is 3.07. The van der Waals surface area contributed by atoms with Crippen LogP contribution in [0.25, 0.3) is 0 Å². The van der Waals surface area contributed by atoms with Crippen molar-refractivity contribution >= 4 is 15.9 Å². The zero-order valence-electron chi connectivity index (χ0n) is 9.69. The largest absolute Gasteiger partial charge is 0.488 e. The maximum atomic E-state index is 5.89. The van der Waals surface area contributed by atoms with Gasteiger partial charge in [-0.1, -0.05) is 34.1 Å². The van der Waals surface area contributed by atoms with Gasteiger partial charge in [-0.25, -0.2) is 0 Å². The first-order valence-electron chi connectivity index (χ1n) is 5.47. The Labute approximate surface area is 110 Å². The Kier molecular flexibility index (Phi) is 4.15. The second-order valence-corrected chi connectivity index (χ2v) is 4.40. The maximum Gasteiger partial charge on any atom is 0.126 e. The number of ether oxygens (including phenoxy) is 1. The molecule has 88 valence electrons. The Morgan fingerprint density at radius 1 is 1.18 bits per heavy atom. The summed E-state index contributed by atoms with van der Waals surface area (Å²) < 4.78 is 5.89. The second-order valence-electron chi connectivity index (χ2n) is 3.84. The molecule has 1 heterocycles. The van der Waals surface area contributed by atoms with Crippen molar-refractivity contribution in [3.05, 3.63) is 59.4 Å². The number of pyridine rings is 1. The van der Waals surface area contributed by atoms with E-state index in [9.17, 15) is 0 Å². The monoisotopic (exact) mass is 291 g/mol. The molecule has 0 radical (unpaired) electrons. The topological polar surface area (TPSA) is 22.1 Å². The lowest BCUT2D eigenvalue weighted by atomic mass is 10.1. The van der Waals surface area contributed by atoms with Crippen LogP contribution in [0.5, 0.6) is 5.75 Å². The van der Waals surface area contributed by atoms with Gasteiger partial charge in [0.05, 0.1) is 0 Å². The molecule has 0 unspecified atom stereocenters. The Balaban J connectivity index is 2.14. The maximum absolute atomic E-state index is 5.89. The Morgan fingerprint density at radius 2 is 1.94 bits per heavy atom. The Bertz CT molecular complexity index is 485. The number of benzene rings is 1. The van der Waals surface area contributed by atoms with Crippen molar-refractivity contribution in [2.24, 2.45) is 0 Å². The van der Waals surface area contributed by atoms with Gasteiger partial charge in [0.2, 0.25) is 0 Å². The number of alkyl halides is 1. The summed E-state index contributed by atoms with van der Waals surface area (Å²) in [6, 6.07) is 10.1. The van der Waals surface area contributed by atoms with Crippen molar-refractivity contribution in [2.75, 3.05) is 0 Å². The highest BCUT2D eigenvalue weighted by Crippen LogP contribution is 2.26. The van der Waals surface area contributed by atoms with E-state index in [4.69, 9.17) is 4.74 Å². The molecule has 17 heavy (non-hydrogen) atoms. The smallest absolute Gasteiger partial charge is 0.126 e. The van der Waals surface area contributed by atoms with Gasteiger partial charge in [0.1, 0.15) is 12.4 Å². The van der Waals surface area contributed by atoms with Gasteiger partial charge in [-0.2, -0.15) is 0 Å². The zero-order valence-corrected chi connectivity index (χ0v) is 11.3. The Hall–Kier alpha value is -1.35. The molecule has 3 heteroatoms. The fourth-order valence-corrected chi connectivity index (χ4v) is 2.10. The molecule has 0 aliphatic carbocycles. The van der Waals surface area contributed by atoms with Crippen LogP contribution in [0.15, 0.2) is 42.7 Å². The van der Waals surface area contributed by atoms with Crippen molar-refractivity contribution < 1.29 is 4.74 Å². The van der Waals surface area contributed by atoms with Gasteiger partial charge in [0.25, 0.3) is 0 Å². The van der Waals surface area contributed by atoms with Gasteiger partial charge in [-0.05, 0) is 30.2 Å². The number of rotatable bonds is 4. The molecule has 0 aliphatic heterocycles. The van der Waals surface area contributed by atoms with E-state index in [-0.39, 0.29) is 0 Å². The highest BCUT2D eigenvalue weighted by atomic mass is 79.9. The summed E-state index contributed by atoms with van der Waals surface area (Å²) >= 11 is 3.48. The summed E-state index contributed by atoms with van der Waals surface area (Å²) in [6.07, 6.45) is 3.56. The molecule has 0 fully saturated rings. The first-order valence-corrected chi connectivity index (χ1v) is 6.59. The minimum atomic E-state index is 0.577. The van der Waals surface area contributed by atoms with E-state index in [1.165, 1.54) is 5.56 Å². The number of halogens is 1. The lowest BCUT2D eigenvalue weighted by molar-refractivity contribution is 0.301. The quantitative estimate of drug-likeness (QED) is 0.798. The molecule has 0 spiro atoms. The summed E-state index contributed by atoms with van der Waals surface area (Å²) in [7, 11) is 0. The number of hydrogen-bond acceptors (Lipinski definition) is 2. The van der Waals surface area contributed by atoms with Crippen molar-refractivity contribution in [3.8, 4) is 5.75 Å². The van der Waals surface area contributed by atoms with Crippen molar-refractivity contribution in [2.45, 2.75) is 18.9 Å². The SMILES string of the molecule is Cc1cccc(CBr)c1OCc1ccncc1. The van der Waals surface area contributed by atoms with Gasteiger partial charge >= 0.3 is 0 Å². The molecular weight excluding hydrogens is 278 g/mol. The van der Waals surface area contributed by atoms with Gasteiger partial charge in [-0.3, -0.25) is 4.98 Å². The van der Waals surface area contributed by atoms with Crippen molar-refractivity contribution in [1.82, 2.24) is 4.98 Å². The van der Waals surface area contributed by atoms with Crippen LogP contribution in [0, 0.1) is 6.92 Å². The molecule has 1 aromatic heterocycles. The number of aromatic nitrogens is 1. The third-order valence-electron chi connectivity index (χ3n) is 2.57. The van der Waals surface area contributed by atoms with Gasteiger partial charge in [0.15, 0.2) is 0 Å². The summed E-state index contributed by atoms with van der Waals surface area (Å²) in [5.41, 5.74) is 3.47. The fourth-order valence-electron chi connectivity index (χ4n) is 1.66. The van der Waals surface area contributed by atoms with E-state index < -0.39 is 0 Å². The lowest BCUT2D eigenvalue weighted by Crippen LogP contribution is -1.99. The third-order valence-corrected chi connectivity index (χ3v) is 3.17. The van der Waals surface area contributed by atoms with Crippen LogP contribution in [0.3, 0.4) is 0 Å². The normalized spacial score (nSPS) is 10.2. The van der Waals surface area contributed by atoms with Crippen LogP contribution in [0.1, 0.15) is 16.7 Å². The van der Waals surface area contributed by atoms with Crippen molar-refractivity contribution in [1.29, 1.82) is 0 Å². The van der Waals surface area contributed by atoms with E-state index in [1.807, 2.05) is 18.2 Å². The first kappa shape index (κ1) is 12.1. The highest BCUT2D eigenvalue weighted by molar-refractivity contribution is 9.08. The molecule has 0 N–H and O–H groups in total. The number of aryl methyl sites for hydroxylation is 1. The van der Waals surface area contributed by atoms with Crippen molar-refractivity contribution in [3.63, 3.8) is 0 Å². The molecule has 2 nitrogen and oxygen atoms in total. The molecule has 0 atom stereocenters. The molecule has 0 amide bonds. The summed E-state index contributed by atoms with van der Waals surface area (Å²) in [6.45, 7) is 2.64. The van der Waals surface area contributed by atoms with E-state index in [0.29, 0.717) is 6.61 Å². The van der Waals surface area contributed by atoms with E-state index in [2.05, 4.69) is 40.0 Å². The molecule has 2 rings (SSSR count). The Morgan fingerprint density at radius 3 is 2.65 bits per heavy atom.